The van der Waals surface area contributed by atoms with Gasteiger partial charge in [0.2, 0.25) is 0 Å². The summed E-state index contributed by atoms with van der Waals surface area (Å²) >= 11 is 0. The molecule has 0 bridgehead atoms. The van der Waals surface area contributed by atoms with Crippen molar-refractivity contribution in [1.29, 1.82) is 0 Å². The van der Waals surface area contributed by atoms with E-state index in [4.69, 9.17) is 9.47 Å². The molecule has 7 nitrogen and oxygen atoms in total. The van der Waals surface area contributed by atoms with Crippen molar-refractivity contribution in [2.45, 2.75) is 32.4 Å². The van der Waals surface area contributed by atoms with Crippen molar-refractivity contribution < 1.29 is 14.3 Å². The summed E-state index contributed by atoms with van der Waals surface area (Å²) in [5, 5.41) is 5.56. The number of nitrogens with one attached hydrogen (secondary N) is 2. The normalized spacial score (nSPS) is 16.4. The molecule has 1 fully saturated rings. The van der Waals surface area contributed by atoms with Crippen LogP contribution in [0.1, 0.15) is 24.2 Å². The Morgan fingerprint density at radius 2 is 2.20 bits per heavy atom. The quantitative estimate of drug-likeness (QED) is 0.843. The molecule has 1 aromatic carbocycles. The van der Waals surface area contributed by atoms with Crippen LogP contribution < -0.4 is 15.4 Å². The molecule has 0 saturated carbocycles. The first kappa shape index (κ1) is 17.2. The third kappa shape index (κ3) is 5.15. The second kappa shape index (κ2) is 8.43. The molecule has 0 spiro atoms. The standard InChI is InChI=1S/C18H22N4O3/c1-13-9-20-14(10-19-13)11-21-18(23)22-16-6-2-3-7-17(16)25-12-15-5-4-8-24-15/h2-3,6-7,9-10,15H,4-5,8,11-12H2,1H3,(H2,21,22,23). The summed E-state index contributed by atoms with van der Waals surface area (Å²) in [6.07, 6.45) is 5.52. The SMILES string of the molecule is Cc1cnc(CNC(=O)Nc2ccccc2OCC2CCCO2)cn1. The highest BCUT2D eigenvalue weighted by Crippen LogP contribution is 2.25. The number of nitrogens with zero attached hydrogens (tertiary/aromatic N) is 2. The zero-order valence-corrected chi connectivity index (χ0v) is 14.2. The molecule has 0 aliphatic carbocycles. The zero-order chi connectivity index (χ0) is 17.5. The van der Waals surface area contributed by atoms with E-state index in [1.807, 2.05) is 25.1 Å². The van der Waals surface area contributed by atoms with Gasteiger partial charge in [0, 0.05) is 12.8 Å². The van der Waals surface area contributed by atoms with Crippen molar-refractivity contribution in [3.05, 3.63) is 48.0 Å². The van der Waals surface area contributed by atoms with Crippen LogP contribution in [0.15, 0.2) is 36.7 Å². The van der Waals surface area contributed by atoms with Gasteiger partial charge in [0.05, 0.1) is 35.9 Å². The van der Waals surface area contributed by atoms with Crippen molar-refractivity contribution in [1.82, 2.24) is 15.3 Å². The number of hydrogen-bond donors (Lipinski definition) is 2. The van der Waals surface area contributed by atoms with Gasteiger partial charge in [0.25, 0.3) is 0 Å². The molecule has 132 valence electrons. The van der Waals surface area contributed by atoms with Crippen molar-refractivity contribution in [2.24, 2.45) is 0 Å². The van der Waals surface area contributed by atoms with E-state index in [1.54, 1.807) is 18.5 Å². The first-order valence-electron chi connectivity index (χ1n) is 8.36. The Kier molecular flexibility index (Phi) is 5.79. The number of urea groups is 1. The van der Waals surface area contributed by atoms with E-state index in [2.05, 4.69) is 20.6 Å². The minimum Gasteiger partial charge on any atom is -0.489 e. The van der Waals surface area contributed by atoms with Gasteiger partial charge in [0.1, 0.15) is 12.4 Å². The summed E-state index contributed by atoms with van der Waals surface area (Å²) in [7, 11) is 0. The van der Waals surface area contributed by atoms with Gasteiger partial charge in [-0.15, -0.1) is 0 Å². The number of amides is 2. The highest BCUT2D eigenvalue weighted by Gasteiger charge is 2.17. The fourth-order valence-corrected chi connectivity index (χ4v) is 2.50. The Bertz CT molecular complexity index is 700. The maximum atomic E-state index is 12.1. The topological polar surface area (TPSA) is 85.4 Å². The molecular formula is C18H22N4O3. The van der Waals surface area contributed by atoms with E-state index >= 15 is 0 Å². The molecule has 2 amide bonds. The maximum Gasteiger partial charge on any atom is 0.319 e. The summed E-state index contributed by atoms with van der Waals surface area (Å²) in [6.45, 7) is 3.44. The number of carbonyl (C=O) groups is 1. The predicted octanol–water partition coefficient (Wildman–Crippen LogP) is 2.66. The monoisotopic (exact) mass is 342 g/mol. The molecule has 2 N–H and O–H groups in total. The van der Waals surface area contributed by atoms with Crippen LogP contribution in [0.25, 0.3) is 0 Å². The molecule has 25 heavy (non-hydrogen) atoms. The average Bonchev–Trinajstić information content (AvgIpc) is 3.14. The molecule has 1 aromatic heterocycles. The Hall–Kier alpha value is -2.67. The van der Waals surface area contributed by atoms with Crippen LogP contribution in [-0.2, 0) is 11.3 Å². The minimum absolute atomic E-state index is 0.127. The van der Waals surface area contributed by atoms with Crippen molar-refractivity contribution >= 4 is 11.7 Å². The zero-order valence-electron chi connectivity index (χ0n) is 14.2. The lowest BCUT2D eigenvalue weighted by Gasteiger charge is -2.15. The van der Waals surface area contributed by atoms with E-state index < -0.39 is 0 Å². The molecule has 1 aliphatic heterocycles. The van der Waals surface area contributed by atoms with Gasteiger partial charge in [-0.3, -0.25) is 9.97 Å². The highest BCUT2D eigenvalue weighted by atomic mass is 16.5. The Morgan fingerprint density at radius 3 is 2.96 bits per heavy atom. The van der Waals surface area contributed by atoms with Crippen molar-refractivity contribution in [2.75, 3.05) is 18.5 Å². The molecule has 1 atom stereocenters. The first-order valence-corrected chi connectivity index (χ1v) is 8.36. The molecule has 2 aromatic rings. The number of anilines is 1. The number of carbonyl (C=O) groups excluding carboxylic acids is 1. The Morgan fingerprint density at radius 1 is 1.32 bits per heavy atom. The van der Waals surface area contributed by atoms with Crippen LogP contribution in [0.4, 0.5) is 10.5 Å². The third-order valence-corrected chi connectivity index (χ3v) is 3.85. The molecule has 2 heterocycles. The third-order valence-electron chi connectivity index (χ3n) is 3.85. The van der Waals surface area contributed by atoms with E-state index in [1.165, 1.54) is 0 Å². The number of rotatable bonds is 6. The predicted molar refractivity (Wildman–Crippen MR) is 93.5 cm³/mol. The smallest absolute Gasteiger partial charge is 0.319 e. The largest absolute Gasteiger partial charge is 0.489 e. The molecule has 7 heteroatoms. The van der Waals surface area contributed by atoms with Gasteiger partial charge in [-0.1, -0.05) is 12.1 Å². The van der Waals surface area contributed by atoms with Gasteiger partial charge in [-0.25, -0.2) is 4.79 Å². The van der Waals surface area contributed by atoms with Gasteiger partial charge >= 0.3 is 6.03 Å². The van der Waals surface area contributed by atoms with Crippen molar-refractivity contribution in [3.63, 3.8) is 0 Å². The van der Waals surface area contributed by atoms with Gasteiger partial charge in [0.15, 0.2) is 0 Å². The number of benzene rings is 1. The molecule has 0 radical (unpaired) electrons. The Labute approximate surface area is 146 Å². The molecule has 1 aliphatic rings. The van der Waals surface area contributed by atoms with Crippen LogP contribution in [-0.4, -0.2) is 35.3 Å². The highest BCUT2D eigenvalue weighted by molar-refractivity contribution is 5.90. The lowest BCUT2D eigenvalue weighted by atomic mass is 10.2. The van der Waals surface area contributed by atoms with E-state index in [0.29, 0.717) is 30.3 Å². The number of hydrogen-bond acceptors (Lipinski definition) is 5. The van der Waals surface area contributed by atoms with Crippen LogP contribution in [0.3, 0.4) is 0 Å². The first-order chi connectivity index (χ1) is 12.2. The molecule has 1 saturated heterocycles. The lowest BCUT2D eigenvalue weighted by Crippen LogP contribution is -2.29. The Balaban J connectivity index is 1.52. The number of para-hydroxylation sites is 2. The van der Waals surface area contributed by atoms with Crippen LogP contribution in [0.5, 0.6) is 5.75 Å². The number of ether oxygens (including phenoxy) is 2. The van der Waals surface area contributed by atoms with Gasteiger partial charge in [-0.2, -0.15) is 0 Å². The lowest BCUT2D eigenvalue weighted by molar-refractivity contribution is 0.0682. The summed E-state index contributed by atoms with van der Waals surface area (Å²) in [6, 6.07) is 7.03. The summed E-state index contributed by atoms with van der Waals surface area (Å²) < 4.78 is 11.4. The molecule has 1 unspecified atom stereocenters. The van der Waals surface area contributed by atoms with Crippen LogP contribution >= 0.6 is 0 Å². The van der Waals surface area contributed by atoms with E-state index in [0.717, 1.165) is 25.1 Å². The second-order valence-electron chi connectivity index (χ2n) is 5.90. The van der Waals surface area contributed by atoms with Gasteiger partial charge < -0.3 is 20.1 Å². The van der Waals surface area contributed by atoms with E-state index in [-0.39, 0.29) is 12.1 Å². The van der Waals surface area contributed by atoms with Gasteiger partial charge in [-0.05, 0) is 31.9 Å². The number of aromatic nitrogens is 2. The number of aryl methyl sites for hydroxylation is 1. The summed E-state index contributed by atoms with van der Waals surface area (Å²) in [5.41, 5.74) is 2.15. The van der Waals surface area contributed by atoms with Crippen LogP contribution in [0.2, 0.25) is 0 Å². The second-order valence-corrected chi connectivity index (χ2v) is 5.90. The van der Waals surface area contributed by atoms with Crippen molar-refractivity contribution in [3.8, 4) is 5.75 Å². The maximum absolute atomic E-state index is 12.1. The summed E-state index contributed by atoms with van der Waals surface area (Å²) in [4.78, 5) is 20.5. The molecule has 3 rings (SSSR count). The fourth-order valence-electron chi connectivity index (χ4n) is 2.50. The fraction of sp³-hybridized carbons (Fsp3) is 0.389. The minimum atomic E-state index is -0.324. The molecular weight excluding hydrogens is 320 g/mol. The average molecular weight is 342 g/mol. The van der Waals surface area contributed by atoms with Crippen LogP contribution in [0, 0.1) is 6.92 Å². The van der Waals surface area contributed by atoms with E-state index in [9.17, 15) is 4.79 Å². The summed E-state index contributed by atoms with van der Waals surface area (Å²) in [5.74, 6) is 0.628.